The van der Waals surface area contributed by atoms with E-state index < -0.39 is 0 Å². The lowest BCUT2D eigenvalue weighted by Crippen LogP contribution is -2.60. The number of aromatic nitrogens is 1. The molecule has 2 aliphatic rings. The smallest absolute Gasteiger partial charge is 0.246 e. The number of nitrogens with two attached hydrogens (primary N) is 1. The van der Waals surface area contributed by atoms with Crippen LogP contribution in [0, 0.1) is 0 Å². The number of carbonyl (C=O) groups excluding carboxylic acids is 2. The van der Waals surface area contributed by atoms with Gasteiger partial charge in [-0.25, -0.2) is 4.98 Å². The molecular weight excluding hydrogens is 256 g/mol. The summed E-state index contributed by atoms with van der Waals surface area (Å²) in [5, 5.41) is 0. The Kier molecular flexibility index (Phi) is 3.30. The fourth-order valence-corrected chi connectivity index (χ4v) is 2.95. The highest BCUT2D eigenvalue weighted by Crippen LogP contribution is 2.24. The fraction of sp³-hybridized carbons (Fsp3) is 0.500. The molecule has 2 amide bonds. The number of piperazine rings is 1. The Morgan fingerprint density at radius 3 is 3.00 bits per heavy atom. The molecule has 0 bridgehead atoms. The molecule has 2 aliphatic heterocycles. The molecule has 20 heavy (non-hydrogen) atoms. The number of anilines is 1. The quantitative estimate of drug-likeness (QED) is 0.846. The number of carbonyl (C=O) groups is 2. The topological polar surface area (TPSA) is 79.5 Å². The Hall–Kier alpha value is -2.11. The van der Waals surface area contributed by atoms with E-state index >= 15 is 0 Å². The van der Waals surface area contributed by atoms with E-state index in [1.807, 2.05) is 6.07 Å². The highest BCUT2D eigenvalue weighted by Gasteiger charge is 2.40. The van der Waals surface area contributed by atoms with Gasteiger partial charge >= 0.3 is 0 Å². The molecular formula is C14H18N4O2. The highest BCUT2D eigenvalue weighted by molar-refractivity contribution is 5.95. The van der Waals surface area contributed by atoms with Crippen LogP contribution >= 0.6 is 0 Å². The first kappa shape index (κ1) is 12.9. The van der Waals surface area contributed by atoms with Crippen molar-refractivity contribution in [3.63, 3.8) is 0 Å². The molecule has 1 unspecified atom stereocenters. The first-order valence-electron chi connectivity index (χ1n) is 6.94. The minimum absolute atomic E-state index is 0.0348. The van der Waals surface area contributed by atoms with Crippen LogP contribution in [0.25, 0.3) is 0 Å². The zero-order valence-corrected chi connectivity index (χ0v) is 11.3. The maximum atomic E-state index is 12.5. The summed E-state index contributed by atoms with van der Waals surface area (Å²) in [5.74, 6) is 0.489. The van der Waals surface area contributed by atoms with Crippen molar-refractivity contribution in [3.05, 3.63) is 23.9 Å². The van der Waals surface area contributed by atoms with Crippen molar-refractivity contribution in [2.45, 2.75) is 31.8 Å². The standard InChI is InChI=1S/C14H18N4O2/c15-13-10(4-3-6-16-13)8-17-9-12(19)18-7-2-1-5-11(18)14(17)20/h3-4,6,11H,1-2,5,7-9H2,(H2,15,16). The van der Waals surface area contributed by atoms with Crippen molar-refractivity contribution in [2.75, 3.05) is 18.8 Å². The van der Waals surface area contributed by atoms with Crippen LogP contribution in [0.15, 0.2) is 18.3 Å². The maximum Gasteiger partial charge on any atom is 0.246 e. The van der Waals surface area contributed by atoms with Crippen LogP contribution in [0.3, 0.4) is 0 Å². The van der Waals surface area contributed by atoms with Gasteiger partial charge in [0.15, 0.2) is 0 Å². The number of amides is 2. The Morgan fingerprint density at radius 2 is 2.20 bits per heavy atom. The molecule has 0 spiro atoms. The number of nitrogens with zero attached hydrogens (tertiary/aromatic N) is 3. The molecule has 0 saturated carbocycles. The van der Waals surface area contributed by atoms with Crippen LogP contribution in [0.4, 0.5) is 5.82 Å². The van der Waals surface area contributed by atoms with Gasteiger partial charge in [0.05, 0.1) is 0 Å². The van der Waals surface area contributed by atoms with Gasteiger partial charge in [0.25, 0.3) is 0 Å². The van der Waals surface area contributed by atoms with E-state index in [4.69, 9.17) is 5.73 Å². The summed E-state index contributed by atoms with van der Waals surface area (Å²) in [6.07, 6.45) is 4.38. The molecule has 1 aromatic heterocycles. The van der Waals surface area contributed by atoms with E-state index in [0.29, 0.717) is 18.9 Å². The summed E-state index contributed by atoms with van der Waals surface area (Å²) in [4.78, 5) is 32.0. The molecule has 2 saturated heterocycles. The van der Waals surface area contributed by atoms with E-state index in [9.17, 15) is 9.59 Å². The van der Waals surface area contributed by atoms with Crippen LogP contribution in [0.1, 0.15) is 24.8 Å². The van der Waals surface area contributed by atoms with E-state index in [1.165, 1.54) is 0 Å². The molecule has 6 heteroatoms. The van der Waals surface area contributed by atoms with Crippen LogP contribution in [0.2, 0.25) is 0 Å². The summed E-state index contributed by atoms with van der Waals surface area (Å²) in [5.41, 5.74) is 6.59. The van der Waals surface area contributed by atoms with Crippen molar-refractivity contribution in [1.29, 1.82) is 0 Å². The van der Waals surface area contributed by atoms with Gasteiger partial charge < -0.3 is 15.5 Å². The van der Waals surface area contributed by atoms with Crippen molar-refractivity contribution in [1.82, 2.24) is 14.8 Å². The maximum absolute atomic E-state index is 12.5. The molecule has 0 aliphatic carbocycles. The summed E-state index contributed by atoms with van der Waals surface area (Å²) in [6, 6.07) is 3.35. The molecule has 1 aromatic rings. The Balaban J connectivity index is 1.79. The average Bonchev–Trinajstić information content (AvgIpc) is 2.47. The molecule has 106 valence electrons. The second-order valence-corrected chi connectivity index (χ2v) is 5.34. The lowest BCUT2D eigenvalue weighted by atomic mass is 9.98. The first-order valence-corrected chi connectivity index (χ1v) is 6.94. The van der Waals surface area contributed by atoms with Crippen LogP contribution in [-0.2, 0) is 16.1 Å². The third-order valence-electron chi connectivity index (χ3n) is 4.03. The largest absolute Gasteiger partial charge is 0.383 e. The van der Waals surface area contributed by atoms with Gasteiger partial charge in [0.1, 0.15) is 18.4 Å². The van der Waals surface area contributed by atoms with Crippen molar-refractivity contribution >= 4 is 17.6 Å². The lowest BCUT2D eigenvalue weighted by molar-refractivity contribution is -0.158. The zero-order valence-electron chi connectivity index (χ0n) is 11.3. The van der Waals surface area contributed by atoms with Gasteiger partial charge in [0.2, 0.25) is 11.8 Å². The molecule has 3 rings (SSSR count). The number of fused-ring (bicyclic) bond motifs is 1. The molecule has 6 nitrogen and oxygen atoms in total. The number of rotatable bonds is 2. The van der Waals surface area contributed by atoms with Gasteiger partial charge in [-0.3, -0.25) is 9.59 Å². The van der Waals surface area contributed by atoms with Crippen LogP contribution < -0.4 is 5.73 Å². The molecule has 2 fully saturated rings. The van der Waals surface area contributed by atoms with Crippen molar-refractivity contribution < 1.29 is 9.59 Å². The van der Waals surface area contributed by atoms with E-state index in [2.05, 4.69) is 4.98 Å². The predicted molar refractivity (Wildman–Crippen MR) is 73.4 cm³/mol. The van der Waals surface area contributed by atoms with Gasteiger partial charge in [-0.15, -0.1) is 0 Å². The van der Waals surface area contributed by atoms with Crippen molar-refractivity contribution in [2.24, 2.45) is 0 Å². The molecule has 0 radical (unpaired) electrons. The first-order chi connectivity index (χ1) is 9.66. The van der Waals surface area contributed by atoms with Crippen LogP contribution in [0.5, 0.6) is 0 Å². The summed E-state index contributed by atoms with van der Waals surface area (Å²) in [6.45, 7) is 1.20. The molecule has 3 heterocycles. The Bertz CT molecular complexity index is 546. The zero-order chi connectivity index (χ0) is 14.1. The fourth-order valence-electron chi connectivity index (χ4n) is 2.95. The Labute approximate surface area is 117 Å². The van der Waals surface area contributed by atoms with E-state index in [1.54, 1.807) is 22.1 Å². The number of piperidine rings is 1. The third-order valence-corrected chi connectivity index (χ3v) is 4.03. The molecule has 2 N–H and O–H groups in total. The van der Waals surface area contributed by atoms with Gasteiger partial charge in [-0.05, 0) is 25.3 Å². The minimum Gasteiger partial charge on any atom is -0.383 e. The Morgan fingerprint density at radius 1 is 1.35 bits per heavy atom. The predicted octanol–water partition coefficient (Wildman–Crippen LogP) is 0.387. The van der Waals surface area contributed by atoms with Gasteiger partial charge in [0, 0.05) is 24.8 Å². The summed E-state index contributed by atoms with van der Waals surface area (Å²) in [7, 11) is 0. The average molecular weight is 274 g/mol. The van der Waals surface area contributed by atoms with E-state index in [-0.39, 0.29) is 24.4 Å². The lowest BCUT2D eigenvalue weighted by Gasteiger charge is -2.42. The normalized spacial score (nSPS) is 22.9. The highest BCUT2D eigenvalue weighted by atomic mass is 16.2. The summed E-state index contributed by atoms with van der Waals surface area (Å²) >= 11 is 0. The minimum atomic E-state index is -0.275. The monoisotopic (exact) mass is 274 g/mol. The van der Waals surface area contributed by atoms with E-state index in [0.717, 1.165) is 24.8 Å². The second-order valence-electron chi connectivity index (χ2n) is 5.34. The van der Waals surface area contributed by atoms with Gasteiger partial charge in [-0.1, -0.05) is 6.07 Å². The molecule has 1 atom stereocenters. The third kappa shape index (κ3) is 2.21. The number of hydrogen-bond donors (Lipinski definition) is 1. The molecule has 0 aromatic carbocycles. The number of hydrogen-bond acceptors (Lipinski definition) is 4. The number of pyridine rings is 1. The summed E-state index contributed by atoms with van der Waals surface area (Å²) < 4.78 is 0. The number of nitrogen functional groups attached to an aromatic ring is 1. The second kappa shape index (κ2) is 5.11. The van der Waals surface area contributed by atoms with Gasteiger partial charge in [-0.2, -0.15) is 0 Å². The SMILES string of the molecule is Nc1ncccc1CN1CC(=O)N2CCCCC2C1=O. The van der Waals surface area contributed by atoms with Crippen LogP contribution in [-0.4, -0.2) is 45.7 Å². The van der Waals surface area contributed by atoms with Crippen molar-refractivity contribution in [3.8, 4) is 0 Å².